The summed E-state index contributed by atoms with van der Waals surface area (Å²) in [5.41, 5.74) is 5.18. The first-order valence-electron chi connectivity index (χ1n) is 16.5. The van der Waals surface area contributed by atoms with Crippen LogP contribution in [0.5, 0.6) is 0 Å². The molecule has 1 atom stereocenters. The molecule has 0 aliphatic rings. The highest BCUT2D eigenvalue weighted by Gasteiger charge is 2.26. The second kappa shape index (κ2) is 14.6. The number of nitrogens with zero attached hydrogens (tertiary/aromatic N) is 3. The standard InChI is InChI=1S/C40H37N3O7/c1-5-42-36-20-18-29(22-32(36)33-23-31(19-21-37(33)42)40(47)39-24-30-14-9-10-17-38(30)48-39)34(41-49-26(3)45)15-11-16-35(28-12-7-6-8-13-28)43(25(2)44)50-27(4)46/h6-10,12-14,17-24,35H,5,11,15-16H2,1-4H3/b41-34+. The van der Waals surface area contributed by atoms with E-state index in [0.717, 1.165) is 43.4 Å². The fraction of sp³-hybridized carbons (Fsp3) is 0.225. The molecule has 0 radical (unpaired) electrons. The number of furan rings is 1. The largest absolute Gasteiger partial charge is 0.453 e. The molecule has 1 amide bonds. The number of hydrogen-bond donors (Lipinski definition) is 0. The van der Waals surface area contributed by atoms with Crippen molar-refractivity contribution in [1.29, 1.82) is 0 Å². The summed E-state index contributed by atoms with van der Waals surface area (Å²) < 4.78 is 8.06. The predicted molar refractivity (Wildman–Crippen MR) is 190 cm³/mol. The molecule has 6 rings (SSSR count). The van der Waals surface area contributed by atoms with Crippen LogP contribution in [-0.4, -0.2) is 39.0 Å². The molecule has 0 saturated heterocycles. The van der Waals surface area contributed by atoms with Gasteiger partial charge in [0.2, 0.25) is 5.78 Å². The van der Waals surface area contributed by atoms with E-state index in [2.05, 4.69) is 16.6 Å². The van der Waals surface area contributed by atoms with Crippen molar-refractivity contribution < 1.29 is 33.3 Å². The molecule has 0 bridgehead atoms. The Kier molecular flexibility index (Phi) is 9.89. The Bertz CT molecular complexity index is 2230. The monoisotopic (exact) mass is 671 g/mol. The SMILES string of the molecule is CCn1c2ccc(C(=O)c3cc4ccccc4o3)cc2c2cc(/C(CCCC(c3ccccc3)N(OC(C)=O)C(C)=O)=N/OC(C)=O)ccc21. The van der Waals surface area contributed by atoms with Crippen LogP contribution in [0, 0.1) is 0 Å². The Labute approximate surface area is 288 Å². The van der Waals surface area contributed by atoms with Crippen molar-refractivity contribution in [3.05, 3.63) is 120 Å². The number of aromatic nitrogens is 1. The topological polar surface area (TPSA) is 120 Å². The van der Waals surface area contributed by atoms with Crippen LogP contribution in [0.15, 0.2) is 107 Å². The maximum Gasteiger partial charge on any atom is 0.331 e. The minimum absolute atomic E-state index is 0.213. The number of fused-ring (bicyclic) bond motifs is 4. The number of oxime groups is 1. The van der Waals surface area contributed by atoms with Gasteiger partial charge >= 0.3 is 11.9 Å². The molecule has 6 aromatic rings. The van der Waals surface area contributed by atoms with Crippen LogP contribution >= 0.6 is 0 Å². The zero-order valence-electron chi connectivity index (χ0n) is 28.3. The molecule has 0 N–H and O–H groups in total. The highest BCUT2D eigenvalue weighted by atomic mass is 16.7. The number of rotatable bonds is 11. The molecule has 0 fully saturated rings. The maximum atomic E-state index is 13.6. The van der Waals surface area contributed by atoms with E-state index in [1.807, 2.05) is 91.0 Å². The van der Waals surface area contributed by atoms with Crippen molar-refractivity contribution in [2.24, 2.45) is 5.16 Å². The van der Waals surface area contributed by atoms with Crippen molar-refractivity contribution in [3.63, 3.8) is 0 Å². The third kappa shape index (κ3) is 7.05. The average Bonchev–Trinajstić information content (AvgIpc) is 3.69. The van der Waals surface area contributed by atoms with Gasteiger partial charge < -0.3 is 18.7 Å². The molecule has 254 valence electrons. The lowest BCUT2D eigenvalue weighted by molar-refractivity contribution is -0.206. The average molecular weight is 672 g/mol. The van der Waals surface area contributed by atoms with Gasteiger partial charge in [0.1, 0.15) is 5.58 Å². The van der Waals surface area contributed by atoms with Gasteiger partial charge in [-0.3, -0.25) is 14.4 Å². The molecule has 2 heterocycles. The third-order valence-electron chi connectivity index (χ3n) is 8.61. The van der Waals surface area contributed by atoms with Gasteiger partial charge in [-0.2, -0.15) is 5.06 Å². The van der Waals surface area contributed by atoms with Gasteiger partial charge in [-0.25, -0.2) is 4.79 Å². The summed E-state index contributed by atoms with van der Waals surface area (Å²) >= 11 is 0. The van der Waals surface area contributed by atoms with E-state index in [4.69, 9.17) is 14.1 Å². The number of para-hydroxylation sites is 1. The third-order valence-corrected chi connectivity index (χ3v) is 8.61. The van der Waals surface area contributed by atoms with Gasteiger partial charge in [-0.1, -0.05) is 59.8 Å². The summed E-state index contributed by atoms with van der Waals surface area (Å²) in [6.07, 6.45) is 1.33. The molecule has 0 aliphatic carbocycles. The van der Waals surface area contributed by atoms with E-state index in [9.17, 15) is 19.2 Å². The second-order valence-electron chi connectivity index (χ2n) is 12.1. The highest BCUT2D eigenvalue weighted by molar-refractivity contribution is 6.16. The second-order valence-corrected chi connectivity index (χ2v) is 12.1. The maximum absolute atomic E-state index is 13.6. The lowest BCUT2D eigenvalue weighted by Gasteiger charge is -2.29. The van der Waals surface area contributed by atoms with Gasteiger partial charge in [0.05, 0.1) is 11.8 Å². The number of ketones is 1. The molecule has 0 saturated carbocycles. The minimum atomic E-state index is -0.597. The molecular formula is C40H37N3O7. The summed E-state index contributed by atoms with van der Waals surface area (Å²) in [5, 5.41) is 8.01. The van der Waals surface area contributed by atoms with E-state index in [1.165, 1.54) is 20.8 Å². The van der Waals surface area contributed by atoms with E-state index in [0.29, 0.717) is 42.7 Å². The lowest BCUT2D eigenvalue weighted by Crippen LogP contribution is -2.35. The Hall–Kier alpha value is -6.03. The number of hydrogen-bond acceptors (Lipinski definition) is 8. The summed E-state index contributed by atoms with van der Waals surface area (Å²) in [6, 6.07) is 29.7. The highest BCUT2D eigenvalue weighted by Crippen LogP contribution is 2.33. The molecule has 0 spiro atoms. The number of benzene rings is 4. The lowest BCUT2D eigenvalue weighted by atomic mass is 9.97. The van der Waals surface area contributed by atoms with E-state index in [-0.39, 0.29) is 11.5 Å². The van der Waals surface area contributed by atoms with Crippen LogP contribution in [0.4, 0.5) is 0 Å². The number of carbonyl (C=O) groups excluding carboxylic acids is 4. The fourth-order valence-electron chi connectivity index (χ4n) is 6.41. The van der Waals surface area contributed by atoms with Crippen LogP contribution in [0.2, 0.25) is 0 Å². The molecule has 50 heavy (non-hydrogen) atoms. The number of aryl methyl sites for hydroxylation is 1. The number of hydroxylamine groups is 2. The van der Waals surface area contributed by atoms with Crippen LogP contribution in [0.25, 0.3) is 32.8 Å². The first kappa shape index (κ1) is 33.9. The van der Waals surface area contributed by atoms with Gasteiger partial charge in [-0.15, -0.1) is 0 Å². The molecule has 4 aromatic carbocycles. The summed E-state index contributed by atoms with van der Waals surface area (Å²) in [4.78, 5) is 60.4. The Balaban J connectivity index is 1.34. The van der Waals surface area contributed by atoms with Gasteiger partial charge in [0.15, 0.2) is 5.76 Å². The summed E-state index contributed by atoms with van der Waals surface area (Å²) in [5.74, 6) is -1.50. The summed E-state index contributed by atoms with van der Waals surface area (Å²) in [6.45, 7) is 6.67. The van der Waals surface area contributed by atoms with E-state index < -0.39 is 23.9 Å². The molecule has 10 heteroatoms. The zero-order chi connectivity index (χ0) is 35.4. The molecule has 1 unspecified atom stereocenters. The Morgan fingerprint density at radius 2 is 1.46 bits per heavy atom. The van der Waals surface area contributed by atoms with Crippen molar-refractivity contribution in [2.45, 2.75) is 59.5 Å². The first-order chi connectivity index (χ1) is 24.1. The van der Waals surface area contributed by atoms with Crippen molar-refractivity contribution in [1.82, 2.24) is 9.63 Å². The fourth-order valence-corrected chi connectivity index (χ4v) is 6.41. The molecule has 0 aliphatic heterocycles. The quantitative estimate of drug-likeness (QED) is 0.0588. The van der Waals surface area contributed by atoms with Gasteiger partial charge in [0.25, 0.3) is 5.91 Å². The number of carbonyl (C=O) groups is 4. The number of amides is 1. The van der Waals surface area contributed by atoms with Crippen LogP contribution in [0.3, 0.4) is 0 Å². The van der Waals surface area contributed by atoms with Crippen LogP contribution < -0.4 is 0 Å². The molecule has 2 aromatic heterocycles. The van der Waals surface area contributed by atoms with Gasteiger partial charge in [-0.05, 0) is 74.2 Å². The Morgan fingerprint density at radius 1 is 0.800 bits per heavy atom. The molecular weight excluding hydrogens is 634 g/mol. The van der Waals surface area contributed by atoms with Crippen molar-refractivity contribution in [2.75, 3.05) is 0 Å². The van der Waals surface area contributed by atoms with Crippen molar-refractivity contribution >= 4 is 62.1 Å². The van der Waals surface area contributed by atoms with E-state index >= 15 is 0 Å². The summed E-state index contributed by atoms with van der Waals surface area (Å²) in [7, 11) is 0. The van der Waals surface area contributed by atoms with E-state index in [1.54, 1.807) is 6.07 Å². The van der Waals surface area contributed by atoms with Crippen LogP contribution in [-0.2, 0) is 30.6 Å². The predicted octanol–water partition coefficient (Wildman–Crippen LogP) is 8.30. The smallest absolute Gasteiger partial charge is 0.331 e. The zero-order valence-corrected chi connectivity index (χ0v) is 28.3. The normalized spacial score (nSPS) is 12.3. The Morgan fingerprint density at radius 3 is 2.10 bits per heavy atom. The molecule has 10 nitrogen and oxygen atoms in total. The van der Waals surface area contributed by atoms with Crippen molar-refractivity contribution in [3.8, 4) is 0 Å². The first-order valence-corrected chi connectivity index (χ1v) is 16.5. The van der Waals surface area contributed by atoms with Gasteiger partial charge in [0, 0.05) is 65.6 Å². The van der Waals surface area contributed by atoms with Crippen LogP contribution in [0.1, 0.15) is 80.2 Å². The minimum Gasteiger partial charge on any atom is -0.453 e.